The van der Waals surface area contributed by atoms with Crippen LogP contribution in [0.3, 0.4) is 0 Å². The Morgan fingerprint density at radius 2 is 2.29 bits per heavy atom. The van der Waals surface area contributed by atoms with Crippen molar-refractivity contribution in [3.8, 4) is 0 Å². The van der Waals surface area contributed by atoms with Gasteiger partial charge in [-0.15, -0.1) is 0 Å². The number of carboxylic acid groups (broad SMARTS) is 1. The molecule has 0 atom stereocenters. The van der Waals surface area contributed by atoms with E-state index < -0.39 is 11.9 Å². The maximum absolute atomic E-state index is 11.0. The number of carboxylic acids is 1. The molecule has 0 fully saturated rings. The van der Waals surface area contributed by atoms with Crippen LogP contribution >= 0.6 is 27.3 Å². The molecule has 1 rings (SSSR count). The van der Waals surface area contributed by atoms with Crippen molar-refractivity contribution in [3.63, 3.8) is 0 Å². The first-order valence-electron chi connectivity index (χ1n) is 3.41. The molecule has 0 saturated carbocycles. The third-order valence-corrected chi connectivity index (χ3v) is 2.48. The zero-order chi connectivity index (χ0) is 10.6. The van der Waals surface area contributed by atoms with Gasteiger partial charge in [0, 0.05) is 12.2 Å². The molecule has 1 aromatic rings. The predicted octanol–water partition coefficient (Wildman–Crippen LogP) is 1.48. The number of halogens is 1. The van der Waals surface area contributed by atoms with E-state index in [-0.39, 0.29) is 0 Å². The molecule has 5 nitrogen and oxygen atoms in total. The van der Waals surface area contributed by atoms with Crippen molar-refractivity contribution in [1.29, 1.82) is 0 Å². The molecule has 0 aliphatic heterocycles. The normalized spacial score (nSPS) is 10.4. The molecule has 0 bridgehead atoms. The van der Waals surface area contributed by atoms with E-state index in [2.05, 4.69) is 26.2 Å². The number of amides is 1. The second-order valence-corrected chi connectivity index (χ2v) is 4.54. The van der Waals surface area contributed by atoms with E-state index in [4.69, 9.17) is 5.11 Å². The van der Waals surface area contributed by atoms with E-state index >= 15 is 0 Å². The number of nitrogens with zero attached hydrogens (tertiary/aromatic N) is 1. The Labute approximate surface area is 91.6 Å². The number of carbonyl (C=O) groups excluding carboxylic acids is 1. The monoisotopic (exact) mass is 276 g/mol. The molecule has 14 heavy (non-hydrogen) atoms. The maximum Gasteiger partial charge on any atom is 0.328 e. The summed E-state index contributed by atoms with van der Waals surface area (Å²) in [5.74, 6) is -1.69. The summed E-state index contributed by atoms with van der Waals surface area (Å²) in [7, 11) is 0. The highest BCUT2D eigenvalue weighted by molar-refractivity contribution is 9.11. The zero-order valence-corrected chi connectivity index (χ0v) is 9.13. The molecule has 0 aromatic carbocycles. The molecule has 1 amide bonds. The summed E-state index contributed by atoms with van der Waals surface area (Å²) < 4.78 is 0.787. The van der Waals surface area contributed by atoms with E-state index in [0.717, 1.165) is 15.9 Å². The van der Waals surface area contributed by atoms with Gasteiger partial charge in [-0.1, -0.05) is 11.3 Å². The van der Waals surface area contributed by atoms with Crippen LogP contribution in [0.4, 0.5) is 5.13 Å². The van der Waals surface area contributed by atoms with Crippen LogP contribution in [0.1, 0.15) is 0 Å². The minimum Gasteiger partial charge on any atom is -0.478 e. The van der Waals surface area contributed by atoms with Crippen LogP contribution in [0.25, 0.3) is 0 Å². The van der Waals surface area contributed by atoms with E-state index in [1.54, 1.807) is 6.20 Å². The van der Waals surface area contributed by atoms with Crippen LogP contribution in [0.15, 0.2) is 22.1 Å². The van der Waals surface area contributed by atoms with E-state index in [1.165, 1.54) is 11.3 Å². The average Bonchev–Trinajstić information content (AvgIpc) is 2.48. The van der Waals surface area contributed by atoms with Gasteiger partial charge in [-0.25, -0.2) is 9.78 Å². The predicted molar refractivity (Wildman–Crippen MR) is 55.2 cm³/mol. The number of aromatic nitrogens is 1. The average molecular weight is 277 g/mol. The van der Waals surface area contributed by atoms with Crippen LogP contribution in [0.5, 0.6) is 0 Å². The number of nitrogens with one attached hydrogen (secondary N) is 1. The highest BCUT2D eigenvalue weighted by Crippen LogP contribution is 2.22. The van der Waals surface area contributed by atoms with Crippen molar-refractivity contribution in [3.05, 3.63) is 22.1 Å². The fourth-order valence-corrected chi connectivity index (χ4v) is 1.72. The lowest BCUT2D eigenvalue weighted by atomic mass is 10.5. The molecule has 1 aromatic heterocycles. The molecule has 1 heterocycles. The molecule has 0 aliphatic carbocycles. The van der Waals surface area contributed by atoms with E-state index in [9.17, 15) is 9.59 Å². The first-order valence-corrected chi connectivity index (χ1v) is 5.02. The smallest absolute Gasteiger partial charge is 0.328 e. The largest absolute Gasteiger partial charge is 0.478 e. The third kappa shape index (κ3) is 3.67. The number of hydrogen-bond donors (Lipinski definition) is 2. The van der Waals surface area contributed by atoms with Crippen LogP contribution < -0.4 is 5.32 Å². The maximum atomic E-state index is 11.0. The van der Waals surface area contributed by atoms with Crippen molar-refractivity contribution >= 4 is 44.3 Å². The Morgan fingerprint density at radius 1 is 1.57 bits per heavy atom. The molecule has 0 radical (unpaired) electrons. The van der Waals surface area contributed by atoms with E-state index in [0.29, 0.717) is 5.13 Å². The van der Waals surface area contributed by atoms with Gasteiger partial charge in [-0.05, 0) is 15.9 Å². The van der Waals surface area contributed by atoms with Gasteiger partial charge in [0.1, 0.15) is 0 Å². The number of rotatable bonds is 3. The molecule has 74 valence electrons. The Kier molecular flexibility index (Phi) is 3.78. The SMILES string of the molecule is O=C(O)/C=C/C(=O)Nc1ncc(Br)s1. The molecule has 0 saturated heterocycles. The zero-order valence-electron chi connectivity index (χ0n) is 6.73. The lowest BCUT2D eigenvalue weighted by molar-refractivity contribution is -0.131. The number of thiazole rings is 1. The van der Waals surface area contributed by atoms with Gasteiger partial charge in [0.15, 0.2) is 5.13 Å². The van der Waals surface area contributed by atoms with Gasteiger partial charge in [0.25, 0.3) is 0 Å². The summed E-state index contributed by atoms with van der Waals surface area (Å²) in [5.41, 5.74) is 0. The Balaban J connectivity index is 2.53. The van der Waals surface area contributed by atoms with Crippen molar-refractivity contribution in [1.82, 2.24) is 4.98 Å². The first-order chi connectivity index (χ1) is 6.58. The third-order valence-electron chi connectivity index (χ3n) is 1.08. The second kappa shape index (κ2) is 4.87. The Morgan fingerprint density at radius 3 is 2.79 bits per heavy atom. The van der Waals surface area contributed by atoms with Gasteiger partial charge >= 0.3 is 5.97 Å². The van der Waals surface area contributed by atoms with Gasteiger partial charge in [-0.3, -0.25) is 10.1 Å². The van der Waals surface area contributed by atoms with Crippen LogP contribution in [0.2, 0.25) is 0 Å². The Hall–Kier alpha value is -1.21. The van der Waals surface area contributed by atoms with Crippen molar-refractivity contribution < 1.29 is 14.7 Å². The fraction of sp³-hybridized carbons (Fsp3) is 0. The molecule has 2 N–H and O–H groups in total. The lowest BCUT2D eigenvalue weighted by Crippen LogP contribution is -2.08. The number of hydrogen-bond acceptors (Lipinski definition) is 4. The number of carbonyl (C=O) groups is 2. The second-order valence-electron chi connectivity index (χ2n) is 2.13. The molecule has 0 aliphatic rings. The van der Waals surface area contributed by atoms with Gasteiger partial charge in [0.05, 0.1) is 9.98 Å². The number of anilines is 1. The minimum atomic E-state index is -1.17. The van der Waals surface area contributed by atoms with E-state index in [1.807, 2.05) is 0 Å². The molecular formula is C7H5BrN2O3S. The molecule has 0 spiro atoms. The molecule has 0 unspecified atom stereocenters. The van der Waals surface area contributed by atoms with Gasteiger partial charge in [0.2, 0.25) is 5.91 Å². The standard InChI is InChI=1S/C7H5BrN2O3S/c8-4-3-9-7(14-4)10-5(11)1-2-6(12)13/h1-3H,(H,12,13)(H,9,10,11)/b2-1+. The summed E-state index contributed by atoms with van der Waals surface area (Å²) in [6.07, 6.45) is 3.23. The van der Waals surface area contributed by atoms with Crippen molar-refractivity contribution in [2.75, 3.05) is 5.32 Å². The molecular weight excluding hydrogens is 272 g/mol. The van der Waals surface area contributed by atoms with Crippen molar-refractivity contribution in [2.24, 2.45) is 0 Å². The van der Waals surface area contributed by atoms with Gasteiger partial charge < -0.3 is 5.11 Å². The highest BCUT2D eigenvalue weighted by Gasteiger charge is 2.02. The Bertz CT molecular complexity index is 388. The highest BCUT2D eigenvalue weighted by atomic mass is 79.9. The lowest BCUT2D eigenvalue weighted by Gasteiger charge is -1.93. The number of aliphatic carboxylic acids is 1. The van der Waals surface area contributed by atoms with Crippen molar-refractivity contribution in [2.45, 2.75) is 0 Å². The summed E-state index contributed by atoms with van der Waals surface area (Å²) in [4.78, 5) is 24.9. The van der Waals surface area contributed by atoms with Gasteiger partial charge in [-0.2, -0.15) is 0 Å². The first kappa shape index (κ1) is 10.9. The topological polar surface area (TPSA) is 79.3 Å². The minimum absolute atomic E-state index is 0.414. The van der Waals surface area contributed by atoms with Crippen LogP contribution in [0, 0.1) is 0 Å². The summed E-state index contributed by atoms with van der Waals surface area (Å²) in [6.45, 7) is 0. The van der Waals surface area contributed by atoms with Crippen LogP contribution in [-0.4, -0.2) is 22.0 Å². The summed E-state index contributed by atoms with van der Waals surface area (Å²) in [5, 5.41) is 11.1. The van der Waals surface area contributed by atoms with Crippen LogP contribution in [-0.2, 0) is 9.59 Å². The summed E-state index contributed by atoms with van der Waals surface area (Å²) >= 11 is 4.42. The molecule has 7 heteroatoms. The quantitative estimate of drug-likeness (QED) is 0.820. The summed E-state index contributed by atoms with van der Waals surface area (Å²) in [6, 6.07) is 0. The fourth-order valence-electron chi connectivity index (χ4n) is 0.606.